The molecule has 0 unspecified atom stereocenters. The number of nitrogens with one attached hydrogen (secondary N) is 1. The minimum atomic E-state index is -1.93. The molecule has 0 saturated heterocycles. The van der Waals surface area contributed by atoms with Crippen molar-refractivity contribution < 1.29 is 9.16 Å². The van der Waals surface area contributed by atoms with E-state index in [9.17, 15) is 0 Å². The van der Waals surface area contributed by atoms with Crippen LogP contribution in [0.1, 0.15) is 53.0 Å². The summed E-state index contributed by atoms with van der Waals surface area (Å²) in [6.07, 6.45) is 3.38. The second kappa shape index (κ2) is 10.8. The molecule has 0 amide bonds. The quantitative estimate of drug-likeness (QED) is 0.129. The average molecular weight is 709 g/mol. The minimum absolute atomic E-state index is 0.159. The van der Waals surface area contributed by atoms with E-state index in [-0.39, 0.29) is 10.6 Å². The first-order valence-electron chi connectivity index (χ1n) is 14.9. The van der Waals surface area contributed by atoms with Gasteiger partial charge in [0.15, 0.2) is 8.32 Å². The normalized spacial score (nSPS) is 14.8. The zero-order valence-corrected chi connectivity index (χ0v) is 29.8. The Morgan fingerprint density at radius 1 is 0.881 bits per heavy atom. The lowest BCUT2D eigenvalue weighted by molar-refractivity contribution is 0.0921. The Morgan fingerprint density at radius 3 is 2.21 bits per heavy atom. The zero-order chi connectivity index (χ0) is 30.0. The highest BCUT2D eigenvalue weighted by Gasteiger charge is 2.41. The highest BCUT2D eigenvalue weighted by Crippen LogP contribution is 2.42. The number of hydrogen-bond donors (Lipinski definition) is 1. The van der Waals surface area contributed by atoms with E-state index in [1.165, 1.54) is 29.2 Å². The van der Waals surface area contributed by atoms with E-state index in [1.807, 2.05) is 18.2 Å². The number of nitrogens with zero attached hydrogens (tertiary/aromatic N) is 1. The van der Waals surface area contributed by atoms with Crippen LogP contribution in [0.3, 0.4) is 0 Å². The van der Waals surface area contributed by atoms with Crippen LogP contribution in [-0.4, -0.2) is 30.5 Å². The molecular weight excluding hydrogens is 668 g/mol. The van der Waals surface area contributed by atoms with Crippen LogP contribution in [0.15, 0.2) is 63.5 Å². The molecule has 1 aliphatic rings. The van der Waals surface area contributed by atoms with Crippen LogP contribution in [0.2, 0.25) is 18.1 Å². The molecule has 1 aliphatic carbocycles. The van der Waals surface area contributed by atoms with Crippen LogP contribution < -0.4 is 4.74 Å². The summed E-state index contributed by atoms with van der Waals surface area (Å²) in [6.45, 7) is 16.8. The second-order valence-corrected chi connectivity index (χ2v) is 20.5. The van der Waals surface area contributed by atoms with Gasteiger partial charge in [0.05, 0.1) is 23.2 Å². The van der Waals surface area contributed by atoms with Crippen molar-refractivity contribution in [2.45, 2.75) is 77.6 Å². The van der Waals surface area contributed by atoms with E-state index in [0.29, 0.717) is 5.92 Å². The second-order valence-electron chi connectivity index (χ2n) is 14.0. The molecule has 1 heterocycles. The van der Waals surface area contributed by atoms with Crippen molar-refractivity contribution in [3.8, 4) is 17.1 Å². The van der Waals surface area contributed by atoms with Crippen molar-refractivity contribution in [2.24, 2.45) is 5.92 Å². The summed E-state index contributed by atoms with van der Waals surface area (Å²) in [5.41, 5.74) is 4.02. The van der Waals surface area contributed by atoms with E-state index in [2.05, 4.69) is 121 Å². The predicted octanol–water partition coefficient (Wildman–Crippen LogP) is 11.2. The molecule has 0 bridgehead atoms. The predicted molar refractivity (Wildman–Crippen MR) is 186 cm³/mol. The molecule has 220 valence electrons. The number of rotatable bonds is 8. The highest BCUT2D eigenvalue weighted by atomic mass is 79.9. The Balaban J connectivity index is 1.50. The lowest BCUT2D eigenvalue weighted by atomic mass is 9.93. The van der Waals surface area contributed by atoms with Crippen molar-refractivity contribution in [3.05, 3.63) is 69.1 Å². The number of ether oxygens (including phenoxy) is 1. The minimum Gasteiger partial charge on any atom is -0.493 e. The summed E-state index contributed by atoms with van der Waals surface area (Å²) >= 11 is 7.48. The molecule has 5 aromatic rings. The molecule has 0 radical (unpaired) electrons. The smallest absolute Gasteiger partial charge is 0.192 e. The van der Waals surface area contributed by atoms with Gasteiger partial charge in [0.1, 0.15) is 11.6 Å². The molecule has 1 saturated carbocycles. The fourth-order valence-corrected chi connectivity index (χ4v) is 8.79. The van der Waals surface area contributed by atoms with Gasteiger partial charge >= 0.3 is 0 Å². The van der Waals surface area contributed by atoms with Gasteiger partial charge < -0.3 is 14.1 Å². The van der Waals surface area contributed by atoms with Gasteiger partial charge in [0.25, 0.3) is 0 Å². The van der Waals surface area contributed by atoms with Gasteiger partial charge in [-0.15, -0.1) is 0 Å². The van der Waals surface area contributed by atoms with Gasteiger partial charge in [-0.3, -0.25) is 0 Å². The van der Waals surface area contributed by atoms with Crippen LogP contribution in [0.5, 0.6) is 5.75 Å². The van der Waals surface area contributed by atoms with E-state index < -0.39 is 8.32 Å². The van der Waals surface area contributed by atoms with Crippen molar-refractivity contribution in [2.75, 3.05) is 6.61 Å². The first-order valence-corrected chi connectivity index (χ1v) is 19.4. The van der Waals surface area contributed by atoms with E-state index in [0.717, 1.165) is 60.9 Å². The number of aromatic nitrogens is 2. The average Bonchev–Trinajstić information content (AvgIpc) is 3.62. The number of hydrogen-bond acceptors (Lipinski definition) is 3. The van der Waals surface area contributed by atoms with Crippen LogP contribution in [0.25, 0.3) is 44.0 Å². The molecule has 42 heavy (non-hydrogen) atoms. The molecule has 1 aromatic heterocycles. The molecule has 0 spiro atoms. The first-order chi connectivity index (χ1) is 19.7. The third-order valence-corrected chi connectivity index (χ3v) is 14.9. The molecule has 0 atom stereocenters. The van der Waals surface area contributed by atoms with Crippen LogP contribution >= 0.6 is 31.9 Å². The molecule has 1 N–H and O–H groups in total. The van der Waals surface area contributed by atoms with E-state index in [4.69, 9.17) is 14.1 Å². The van der Waals surface area contributed by atoms with Crippen molar-refractivity contribution in [3.63, 3.8) is 0 Å². The van der Waals surface area contributed by atoms with E-state index >= 15 is 0 Å². The molecule has 6 rings (SSSR count). The SMILES string of the molecule is CC(C)(Cc1ccc2c(c1)c1cc(OCC3CC3)ccc1c1[nH]c(-c3c(Br)cccc3Br)nc21)O[Si](C)(C)C(C)(C)C. The molecule has 4 nitrogen and oxygen atoms in total. The van der Waals surface area contributed by atoms with Crippen molar-refractivity contribution >= 4 is 72.8 Å². The van der Waals surface area contributed by atoms with Gasteiger partial charge in [0.2, 0.25) is 0 Å². The highest BCUT2D eigenvalue weighted by molar-refractivity contribution is 9.11. The number of imidazole rings is 1. The standard InChI is InChI=1S/C35H40Br2N2O2Si/c1-34(2,3)42(6,7)41-35(4,5)19-22-13-15-24-26(17-22)27-18-23(40-20-21-11-12-21)14-16-25(27)32-31(24)38-33(39-32)30-28(36)9-8-10-29(30)37/h8-10,13-18,21H,11-12,19-20H2,1-7H3,(H,38,39). The maximum Gasteiger partial charge on any atom is 0.192 e. The Labute approximate surface area is 267 Å². The molecule has 0 aliphatic heterocycles. The van der Waals surface area contributed by atoms with Gasteiger partial charge in [-0.1, -0.05) is 45.0 Å². The maximum atomic E-state index is 6.91. The topological polar surface area (TPSA) is 47.1 Å². The van der Waals surface area contributed by atoms with Gasteiger partial charge in [0, 0.05) is 25.3 Å². The largest absolute Gasteiger partial charge is 0.493 e. The number of benzene rings is 4. The summed E-state index contributed by atoms with van der Waals surface area (Å²) in [5.74, 6) is 2.46. The zero-order valence-electron chi connectivity index (χ0n) is 25.6. The molecule has 4 aromatic carbocycles. The summed E-state index contributed by atoms with van der Waals surface area (Å²) in [6, 6.07) is 19.5. The summed E-state index contributed by atoms with van der Waals surface area (Å²) < 4.78 is 15.1. The van der Waals surface area contributed by atoms with Gasteiger partial charge in [-0.2, -0.15) is 0 Å². The van der Waals surface area contributed by atoms with Gasteiger partial charge in [-0.25, -0.2) is 4.98 Å². The maximum absolute atomic E-state index is 6.91. The molecular formula is C35H40Br2N2O2Si. The number of fused-ring (bicyclic) bond motifs is 6. The molecule has 1 fully saturated rings. The van der Waals surface area contributed by atoms with E-state index in [1.54, 1.807) is 0 Å². The third kappa shape index (κ3) is 5.82. The lowest BCUT2D eigenvalue weighted by Gasteiger charge is -2.43. The van der Waals surface area contributed by atoms with Crippen molar-refractivity contribution in [1.82, 2.24) is 9.97 Å². The Kier molecular flexibility index (Phi) is 7.65. The fourth-order valence-electron chi connectivity index (χ4n) is 5.66. The van der Waals surface area contributed by atoms with Crippen LogP contribution in [-0.2, 0) is 10.8 Å². The van der Waals surface area contributed by atoms with Gasteiger partial charge in [-0.05, 0) is 136 Å². The number of H-pyrrole nitrogens is 1. The number of halogens is 2. The molecule has 7 heteroatoms. The Hall–Kier alpha value is -2.19. The monoisotopic (exact) mass is 706 g/mol. The lowest BCUT2D eigenvalue weighted by Crippen LogP contribution is -2.48. The summed E-state index contributed by atoms with van der Waals surface area (Å²) in [4.78, 5) is 8.86. The summed E-state index contributed by atoms with van der Waals surface area (Å²) in [5, 5.41) is 4.81. The third-order valence-electron chi connectivity index (χ3n) is 8.94. The Bertz CT molecular complexity index is 1800. The first kappa shape index (κ1) is 29.9. The van der Waals surface area contributed by atoms with Crippen molar-refractivity contribution in [1.29, 1.82) is 0 Å². The number of aromatic amines is 1. The fraction of sp³-hybridized carbons (Fsp3) is 0.400. The Morgan fingerprint density at radius 2 is 1.55 bits per heavy atom. The van der Waals surface area contributed by atoms with Crippen LogP contribution in [0, 0.1) is 5.92 Å². The van der Waals surface area contributed by atoms with Crippen LogP contribution in [0.4, 0.5) is 0 Å². The summed E-state index contributed by atoms with van der Waals surface area (Å²) in [7, 11) is -1.93.